The van der Waals surface area contributed by atoms with Crippen LogP contribution in [0.2, 0.25) is 0 Å². The number of ether oxygens (including phenoxy) is 2. The molecule has 0 unspecified atom stereocenters. The molecule has 0 aliphatic heterocycles. The van der Waals surface area contributed by atoms with Crippen LogP contribution in [0.5, 0.6) is 11.5 Å². The molecule has 0 saturated carbocycles. The second-order valence-electron chi connectivity index (χ2n) is 4.02. The number of anilines is 1. The van der Waals surface area contributed by atoms with E-state index in [1.807, 2.05) is 0 Å². The van der Waals surface area contributed by atoms with Gasteiger partial charge in [-0.25, -0.2) is 14.6 Å². The Morgan fingerprint density at radius 2 is 1.70 bits per heavy atom. The van der Waals surface area contributed by atoms with Gasteiger partial charge in [-0.1, -0.05) is 0 Å². The lowest BCUT2D eigenvalue weighted by molar-refractivity contribution is 0.0697. The lowest BCUT2D eigenvalue weighted by Crippen LogP contribution is -2.39. The average molecular weight is 283 g/mol. The third kappa shape index (κ3) is 3.75. The van der Waals surface area contributed by atoms with Gasteiger partial charge in [0.2, 0.25) is 0 Å². The topological polar surface area (TPSA) is 100 Å². The minimum absolute atomic E-state index is 0.100. The smallest absolute Gasteiger partial charge is 0.337 e. The molecule has 0 heterocycles. The number of benzene rings is 1. The molecule has 3 N–H and O–H groups in total. The van der Waals surface area contributed by atoms with E-state index < -0.39 is 12.0 Å². The number of nitrogens with zero attached hydrogens (tertiary/aromatic N) is 1. The number of rotatable bonds is 5. The number of carboxylic acid groups (broad SMARTS) is 1. The predicted molar refractivity (Wildman–Crippen MR) is 72.3 cm³/mol. The van der Waals surface area contributed by atoms with E-state index in [9.17, 15) is 9.59 Å². The summed E-state index contributed by atoms with van der Waals surface area (Å²) in [6.07, 6.45) is 0. The van der Waals surface area contributed by atoms with E-state index in [4.69, 9.17) is 14.6 Å². The average Bonchev–Trinajstić information content (AvgIpc) is 2.36. The molecule has 0 aliphatic rings. The molecule has 0 saturated heterocycles. The van der Waals surface area contributed by atoms with Crippen LogP contribution in [0.15, 0.2) is 12.1 Å². The third-order valence-electron chi connectivity index (χ3n) is 2.33. The molecule has 0 fully saturated rings. The van der Waals surface area contributed by atoms with Gasteiger partial charge < -0.3 is 19.9 Å². The van der Waals surface area contributed by atoms with Crippen LogP contribution < -0.4 is 20.2 Å². The lowest BCUT2D eigenvalue weighted by Gasteiger charge is -2.16. The van der Waals surface area contributed by atoms with Crippen molar-refractivity contribution in [3.05, 3.63) is 17.7 Å². The van der Waals surface area contributed by atoms with E-state index in [-0.39, 0.29) is 17.0 Å². The molecule has 8 heteroatoms. The predicted octanol–water partition coefficient (Wildman–Crippen LogP) is 1.00. The van der Waals surface area contributed by atoms with Gasteiger partial charge in [-0.15, -0.1) is 0 Å². The lowest BCUT2D eigenvalue weighted by atomic mass is 10.1. The Hall–Kier alpha value is -2.48. The number of carbonyl (C=O) groups excluding carboxylic acids is 1. The number of hydrogen-bond donors (Lipinski definition) is 3. The monoisotopic (exact) mass is 283 g/mol. The van der Waals surface area contributed by atoms with Gasteiger partial charge in [-0.05, 0) is 0 Å². The Balaban J connectivity index is 3.15. The maximum Gasteiger partial charge on any atom is 0.337 e. The molecule has 0 bridgehead atoms. The summed E-state index contributed by atoms with van der Waals surface area (Å²) in [5, 5.41) is 13.0. The standard InChI is InChI=1S/C12H17N3O5/c1-15(2)14-12(18)13-8-6-10(20-4)9(19-3)5-7(8)11(16)17/h5-6H,1-4H3,(H,16,17)(H2,13,14,18). The number of hydrogen-bond acceptors (Lipinski definition) is 5. The highest BCUT2D eigenvalue weighted by Gasteiger charge is 2.18. The van der Waals surface area contributed by atoms with Gasteiger partial charge in [-0.3, -0.25) is 5.43 Å². The van der Waals surface area contributed by atoms with Crippen molar-refractivity contribution in [1.29, 1.82) is 0 Å². The Bertz CT molecular complexity index is 516. The summed E-state index contributed by atoms with van der Waals surface area (Å²) in [7, 11) is 6.08. The van der Waals surface area contributed by atoms with E-state index in [1.54, 1.807) is 14.1 Å². The zero-order valence-electron chi connectivity index (χ0n) is 11.7. The van der Waals surface area contributed by atoms with Gasteiger partial charge in [0.1, 0.15) is 0 Å². The molecular weight excluding hydrogens is 266 g/mol. The summed E-state index contributed by atoms with van der Waals surface area (Å²) in [4.78, 5) is 22.8. The van der Waals surface area contributed by atoms with Crippen LogP contribution in [-0.4, -0.2) is 50.4 Å². The van der Waals surface area contributed by atoms with Crippen molar-refractivity contribution in [3.63, 3.8) is 0 Å². The van der Waals surface area contributed by atoms with Crippen LogP contribution in [0.25, 0.3) is 0 Å². The molecule has 0 atom stereocenters. The molecule has 1 aromatic carbocycles. The first-order chi connectivity index (χ1) is 9.38. The largest absolute Gasteiger partial charge is 0.493 e. The van der Waals surface area contributed by atoms with Crippen molar-refractivity contribution in [3.8, 4) is 11.5 Å². The van der Waals surface area contributed by atoms with E-state index in [1.165, 1.54) is 31.4 Å². The number of amides is 2. The summed E-state index contributed by atoms with van der Waals surface area (Å²) in [5.41, 5.74) is 2.45. The fourth-order valence-electron chi connectivity index (χ4n) is 1.51. The number of carbonyl (C=O) groups is 2. The Morgan fingerprint density at radius 3 is 2.15 bits per heavy atom. The van der Waals surface area contributed by atoms with Gasteiger partial charge >= 0.3 is 12.0 Å². The normalized spacial score (nSPS) is 10.1. The summed E-state index contributed by atoms with van der Waals surface area (Å²) in [5.74, 6) is -0.604. The van der Waals surface area contributed by atoms with Gasteiger partial charge in [-0.2, -0.15) is 0 Å². The van der Waals surface area contributed by atoms with Crippen molar-refractivity contribution < 1.29 is 24.2 Å². The molecule has 0 spiro atoms. The summed E-state index contributed by atoms with van der Waals surface area (Å²) >= 11 is 0. The number of methoxy groups -OCH3 is 2. The number of aromatic carboxylic acids is 1. The molecule has 8 nitrogen and oxygen atoms in total. The number of hydrazine groups is 1. The van der Waals surface area contributed by atoms with Crippen molar-refractivity contribution in [1.82, 2.24) is 10.4 Å². The van der Waals surface area contributed by atoms with E-state index >= 15 is 0 Å². The maximum atomic E-state index is 11.6. The van der Waals surface area contributed by atoms with Gasteiger partial charge in [0, 0.05) is 26.2 Å². The first-order valence-corrected chi connectivity index (χ1v) is 5.63. The number of urea groups is 1. The Morgan fingerprint density at radius 1 is 1.15 bits per heavy atom. The second-order valence-corrected chi connectivity index (χ2v) is 4.02. The highest BCUT2D eigenvalue weighted by atomic mass is 16.5. The summed E-state index contributed by atoms with van der Waals surface area (Å²) in [6.45, 7) is 0. The molecule has 1 aromatic rings. The van der Waals surface area contributed by atoms with Gasteiger partial charge in [0.05, 0.1) is 25.5 Å². The molecule has 0 radical (unpaired) electrons. The Kier molecular flexibility index (Phi) is 5.15. The molecule has 0 aromatic heterocycles. The first-order valence-electron chi connectivity index (χ1n) is 5.63. The number of nitrogens with one attached hydrogen (secondary N) is 2. The fraction of sp³-hybridized carbons (Fsp3) is 0.333. The zero-order valence-corrected chi connectivity index (χ0v) is 11.7. The SMILES string of the molecule is COc1cc(NC(=O)NN(C)C)c(C(=O)O)cc1OC. The van der Waals surface area contributed by atoms with Crippen molar-refractivity contribution in [2.24, 2.45) is 0 Å². The molecule has 0 aliphatic carbocycles. The van der Waals surface area contributed by atoms with Gasteiger partial charge in [0.25, 0.3) is 0 Å². The molecule has 1 rings (SSSR count). The highest BCUT2D eigenvalue weighted by molar-refractivity contribution is 6.00. The zero-order chi connectivity index (χ0) is 15.3. The van der Waals surface area contributed by atoms with Crippen LogP contribution in [0.1, 0.15) is 10.4 Å². The molecule has 2 amide bonds. The van der Waals surface area contributed by atoms with Gasteiger partial charge in [0.15, 0.2) is 11.5 Å². The van der Waals surface area contributed by atoms with Crippen molar-refractivity contribution in [2.75, 3.05) is 33.6 Å². The van der Waals surface area contributed by atoms with E-state index in [0.29, 0.717) is 5.75 Å². The molecule has 20 heavy (non-hydrogen) atoms. The number of carboxylic acids is 1. The van der Waals surface area contributed by atoms with Crippen molar-refractivity contribution >= 4 is 17.7 Å². The van der Waals surface area contributed by atoms with E-state index in [0.717, 1.165) is 0 Å². The summed E-state index contributed by atoms with van der Waals surface area (Å²) < 4.78 is 10.1. The van der Waals surface area contributed by atoms with Crippen molar-refractivity contribution in [2.45, 2.75) is 0 Å². The maximum absolute atomic E-state index is 11.6. The molecular formula is C12H17N3O5. The van der Waals surface area contributed by atoms with Crippen LogP contribution in [0.4, 0.5) is 10.5 Å². The first kappa shape index (κ1) is 15.6. The van der Waals surface area contributed by atoms with Crippen LogP contribution >= 0.6 is 0 Å². The third-order valence-corrected chi connectivity index (χ3v) is 2.33. The second kappa shape index (κ2) is 6.62. The quantitative estimate of drug-likeness (QED) is 0.697. The van der Waals surface area contributed by atoms with Crippen LogP contribution in [-0.2, 0) is 0 Å². The van der Waals surface area contributed by atoms with Crippen LogP contribution in [0.3, 0.4) is 0 Å². The highest BCUT2D eigenvalue weighted by Crippen LogP contribution is 2.33. The molecule has 110 valence electrons. The fourth-order valence-corrected chi connectivity index (χ4v) is 1.51. The van der Waals surface area contributed by atoms with Crippen LogP contribution in [0, 0.1) is 0 Å². The summed E-state index contributed by atoms with van der Waals surface area (Å²) in [6, 6.07) is 2.11. The van der Waals surface area contributed by atoms with E-state index in [2.05, 4.69) is 10.7 Å². The Labute approximate surface area is 116 Å². The minimum Gasteiger partial charge on any atom is -0.493 e. The minimum atomic E-state index is -1.19.